The smallest absolute Gasteiger partial charge is 0.221 e. The average molecular weight is 296 g/mol. The molecule has 2 rings (SSSR count). The Hall–Kier alpha value is -3.07. The normalized spacial score (nSPS) is 9.64. The first kappa shape index (κ1) is 15.3. The standard InChI is InChI=1S/C16H16N4O2/c1-12(21)20-13-3-2-4-16(9-13)22-8-7-18-15-6-5-14(10-17)19-11-15/h2-6,9,11,18H,7-8H2,1H3,(H,20,21). The highest BCUT2D eigenvalue weighted by Gasteiger charge is 1.99. The van der Waals surface area contributed by atoms with Crippen molar-refractivity contribution in [1.29, 1.82) is 5.26 Å². The van der Waals surface area contributed by atoms with Gasteiger partial charge in [0.05, 0.1) is 11.9 Å². The van der Waals surface area contributed by atoms with Gasteiger partial charge in [-0.1, -0.05) is 6.07 Å². The predicted molar refractivity (Wildman–Crippen MR) is 83.7 cm³/mol. The van der Waals surface area contributed by atoms with E-state index in [9.17, 15) is 4.79 Å². The zero-order chi connectivity index (χ0) is 15.8. The van der Waals surface area contributed by atoms with Crippen LogP contribution < -0.4 is 15.4 Å². The number of ether oxygens (including phenoxy) is 1. The second-order valence-corrected chi connectivity index (χ2v) is 4.53. The summed E-state index contributed by atoms with van der Waals surface area (Å²) in [7, 11) is 0. The van der Waals surface area contributed by atoms with E-state index in [1.54, 1.807) is 30.5 Å². The van der Waals surface area contributed by atoms with Crippen molar-refractivity contribution in [3.05, 3.63) is 48.3 Å². The summed E-state index contributed by atoms with van der Waals surface area (Å²) >= 11 is 0. The lowest BCUT2D eigenvalue weighted by molar-refractivity contribution is -0.114. The number of aromatic nitrogens is 1. The summed E-state index contributed by atoms with van der Waals surface area (Å²) in [6.45, 7) is 2.52. The van der Waals surface area contributed by atoms with E-state index in [-0.39, 0.29) is 5.91 Å². The van der Waals surface area contributed by atoms with Gasteiger partial charge in [0.2, 0.25) is 5.91 Å². The van der Waals surface area contributed by atoms with Gasteiger partial charge in [-0.05, 0) is 24.3 Å². The van der Waals surface area contributed by atoms with Crippen LogP contribution in [-0.2, 0) is 4.79 Å². The van der Waals surface area contributed by atoms with Gasteiger partial charge in [-0.25, -0.2) is 4.98 Å². The molecule has 0 fully saturated rings. The van der Waals surface area contributed by atoms with Gasteiger partial charge in [0.25, 0.3) is 0 Å². The first-order chi connectivity index (χ1) is 10.7. The minimum absolute atomic E-state index is 0.118. The number of nitrogens with one attached hydrogen (secondary N) is 2. The molecule has 1 amide bonds. The van der Waals surface area contributed by atoms with Crippen LogP contribution in [0.5, 0.6) is 5.75 Å². The molecule has 0 aliphatic heterocycles. The van der Waals surface area contributed by atoms with E-state index in [0.29, 0.717) is 30.3 Å². The van der Waals surface area contributed by atoms with E-state index in [2.05, 4.69) is 15.6 Å². The molecule has 2 aromatic rings. The van der Waals surface area contributed by atoms with Crippen LogP contribution in [0.25, 0.3) is 0 Å². The van der Waals surface area contributed by atoms with Crippen molar-refractivity contribution in [2.24, 2.45) is 0 Å². The molecule has 2 N–H and O–H groups in total. The number of hydrogen-bond donors (Lipinski definition) is 2. The van der Waals surface area contributed by atoms with Crippen LogP contribution in [0.2, 0.25) is 0 Å². The van der Waals surface area contributed by atoms with Gasteiger partial charge >= 0.3 is 0 Å². The Labute approximate surface area is 128 Å². The molecule has 22 heavy (non-hydrogen) atoms. The van der Waals surface area contributed by atoms with Crippen molar-refractivity contribution < 1.29 is 9.53 Å². The zero-order valence-electron chi connectivity index (χ0n) is 12.2. The van der Waals surface area contributed by atoms with Gasteiger partial charge in [-0.15, -0.1) is 0 Å². The van der Waals surface area contributed by atoms with E-state index < -0.39 is 0 Å². The molecule has 0 bridgehead atoms. The lowest BCUT2D eigenvalue weighted by Crippen LogP contribution is -2.12. The molecule has 0 saturated heterocycles. The van der Waals surface area contributed by atoms with Crippen LogP contribution in [0.3, 0.4) is 0 Å². The van der Waals surface area contributed by atoms with Crippen molar-refractivity contribution in [2.45, 2.75) is 6.92 Å². The summed E-state index contributed by atoms with van der Waals surface area (Å²) in [6.07, 6.45) is 1.61. The Morgan fingerprint density at radius 1 is 1.32 bits per heavy atom. The molecule has 0 spiro atoms. The summed E-state index contributed by atoms with van der Waals surface area (Å²) in [4.78, 5) is 15.0. The second-order valence-electron chi connectivity index (χ2n) is 4.53. The van der Waals surface area contributed by atoms with Gasteiger partial charge in [-0.3, -0.25) is 4.79 Å². The summed E-state index contributed by atoms with van der Waals surface area (Å²) < 4.78 is 5.61. The number of carbonyl (C=O) groups excluding carboxylic acids is 1. The van der Waals surface area contributed by atoms with Gasteiger partial charge in [0.1, 0.15) is 24.1 Å². The SMILES string of the molecule is CC(=O)Nc1cccc(OCCNc2ccc(C#N)nc2)c1. The fourth-order valence-electron chi connectivity index (χ4n) is 1.80. The highest BCUT2D eigenvalue weighted by Crippen LogP contribution is 2.17. The van der Waals surface area contributed by atoms with Crippen LogP contribution in [-0.4, -0.2) is 24.0 Å². The summed E-state index contributed by atoms with van der Waals surface area (Å²) in [5.41, 5.74) is 1.92. The molecular weight excluding hydrogens is 280 g/mol. The zero-order valence-corrected chi connectivity index (χ0v) is 12.2. The molecule has 0 aliphatic carbocycles. The third-order valence-electron chi connectivity index (χ3n) is 2.73. The number of nitriles is 1. The Kier molecular flexibility index (Phi) is 5.32. The number of hydrogen-bond acceptors (Lipinski definition) is 5. The summed E-state index contributed by atoms with van der Waals surface area (Å²) in [5, 5.41) is 14.5. The van der Waals surface area contributed by atoms with Crippen molar-refractivity contribution in [2.75, 3.05) is 23.8 Å². The second kappa shape index (κ2) is 7.64. The maximum atomic E-state index is 11.0. The summed E-state index contributed by atoms with van der Waals surface area (Å²) in [5.74, 6) is 0.568. The molecule has 1 heterocycles. The fourth-order valence-corrected chi connectivity index (χ4v) is 1.80. The van der Waals surface area contributed by atoms with E-state index in [1.165, 1.54) is 6.92 Å². The van der Waals surface area contributed by atoms with E-state index >= 15 is 0 Å². The molecule has 6 nitrogen and oxygen atoms in total. The molecule has 0 aliphatic rings. The van der Waals surface area contributed by atoms with Gasteiger partial charge < -0.3 is 15.4 Å². The first-order valence-corrected chi connectivity index (χ1v) is 6.78. The molecule has 0 saturated carbocycles. The van der Waals surface area contributed by atoms with E-state index in [4.69, 9.17) is 10.00 Å². The quantitative estimate of drug-likeness (QED) is 0.799. The Balaban J connectivity index is 1.78. The first-order valence-electron chi connectivity index (χ1n) is 6.78. The third-order valence-corrected chi connectivity index (χ3v) is 2.73. The van der Waals surface area contributed by atoms with Crippen LogP contribution >= 0.6 is 0 Å². The number of anilines is 2. The molecule has 1 aromatic carbocycles. The number of rotatable bonds is 6. The van der Waals surface area contributed by atoms with Crippen LogP contribution in [0.1, 0.15) is 12.6 Å². The van der Waals surface area contributed by atoms with Crippen LogP contribution in [0.15, 0.2) is 42.6 Å². The fraction of sp³-hybridized carbons (Fsp3) is 0.188. The maximum absolute atomic E-state index is 11.0. The molecule has 0 radical (unpaired) electrons. The number of nitrogens with zero attached hydrogens (tertiary/aromatic N) is 2. The molecule has 0 unspecified atom stereocenters. The minimum atomic E-state index is -0.118. The van der Waals surface area contributed by atoms with Crippen LogP contribution in [0.4, 0.5) is 11.4 Å². The lowest BCUT2D eigenvalue weighted by Gasteiger charge is -2.09. The van der Waals surface area contributed by atoms with Gasteiger partial charge in [0, 0.05) is 25.2 Å². The van der Waals surface area contributed by atoms with E-state index in [1.807, 2.05) is 18.2 Å². The number of amides is 1. The molecular formula is C16H16N4O2. The van der Waals surface area contributed by atoms with Crippen molar-refractivity contribution in [1.82, 2.24) is 4.98 Å². The maximum Gasteiger partial charge on any atom is 0.221 e. The van der Waals surface area contributed by atoms with Crippen LogP contribution in [0, 0.1) is 11.3 Å². The highest BCUT2D eigenvalue weighted by molar-refractivity contribution is 5.88. The monoisotopic (exact) mass is 296 g/mol. The number of benzene rings is 1. The molecule has 6 heteroatoms. The van der Waals surface area contributed by atoms with Gasteiger partial charge in [0.15, 0.2) is 0 Å². The topological polar surface area (TPSA) is 87.0 Å². The predicted octanol–water partition coefficient (Wildman–Crippen LogP) is 2.40. The largest absolute Gasteiger partial charge is 0.492 e. The summed E-state index contributed by atoms with van der Waals surface area (Å²) in [6, 6.07) is 12.6. The number of pyridine rings is 1. The van der Waals surface area contributed by atoms with Crippen molar-refractivity contribution >= 4 is 17.3 Å². The van der Waals surface area contributed by atoms with Gasteiger partial charge in [-0.2, -0.15) is 5.26 Å². The lowest BCUT2D eigenvalue weighted by atomic mass is 10.3. The van der Waals surface area contributed by atoms with Crippen molar-refractivity contribution in [3.63, 3.8) is 0 Å². The minimum Gasteiger partial charge on any atom is -0.492 e. The molecule has 0 atom stereocenters. The van der Waals surface area contributed by atoms with Crippen molar-refractivity contribution in [3.8, 4) is 11.8 Å². The Bertz CT molecular complexity index is 677. The third kappa shape index (κ3) is 4.80. The Morgan fingerprint density at radius 3 is 2.86 bits per heavy atom. The molecule has 1 aromatic heterocycles. The average Bonchev–Trinajstić information content (AvgIpc) is 2.52. The van der Waals surface area contributed by atoms with E-state index in [0.717, 1.165) is 5.69 Å². The Morgan fingerprint density at radius 2 is 2.18 bits per heavy atom. The highest BCUT2D eigenvalue weighted by atomic mass is 16.5. The molecule has 112 valence electrons. The number of carbonyl (C=O) groups is 1.